The van der Waals surface area contributed by atoms with E-state index in [-0.39, 0.29) is 17.9 Å². The van der Waals surface area contributed by atoms with Crippen molar-refractivity contribution in [3.05, 3.63) is 58.7 Å². The molecule has 1 amide bonds. The lowest BCUT2D eigenvalue weighted by Crippen LogP contribution is -2.24. The van der Waals surface area contributed by atoms with E-state index in [2.05, 4.69) is 51.2 Å². The molecule has 0 unspecified atom stereocenters. The quantitative estimate of drug-likeness (QED) is 0.416. The summed E-state index contributed by atoms with van der Waals surface area (Å²) in [4.78, 5) is 11.5. The molecular formula is C22H34NO2+. The summed E-state index contributed by atoms with van der Waals surface area (Å²) in [7, 11) is 0. The second kappa shape index (κ2) is 10.2. The first-order valence-corrected chi connectivity index (χ1v) is 9.10. The third kappa shape index (κ3) is 7.70. The average Bonchev–Trinajstić information content (AvgIpc) is 2.51. The van der Waals surface area contributed by atoms with Gasteiger partial charge in [0.05, 0.1) is 6.54 Å². The molecule has 0 fully saturated rings. The van der Waals surface area contributed by atoms with Gasteiger partial charge in [0, 0.05) is 6.08 Å². The maximum atomic E-state index is 11.5. The maximum Gasteiger partial charge on any atom is 0.244 e. The van der Waals surface area contributed by atoms with Gasteiger partial charge in [0.25, 0.3) is 0 Å². The van der Waals surface area contributed by atoms with Crippen LogP contribution in [0.5, 0.6) is 0 Å². The Morgan fingerprint density at radius 2 is 1.96 bits per heavy atom. The fraction of sp³-hybridized carbons (Fsp3) is 0.500. The Labute approximate surface area is 152 Å². The van der Waals surface area contributed by atoms with Gasteiger partial charge < -0.3 is 10.4 Å². The number of hydrogen-bond donors (Lipinski definition) is 1. The van der Waals surface area contributed by atoms with Crippen LogP contribution in [0.4, 0.5) is 0 Å². The standard InChI is InChI=1S/C22H33NO2/c1-17(8-6-9-18(2)16-21(25)23-14-15-24)11-12-20-19(3)10-7-13-22(20,4)5/h6,8-9,11-12,16,24H,7,10,13-15H2,1-5H3,(H,23,25)/p+1/b9-6+,12-11+,17-8+,18-16+. The molecule has 25 heavy (non-hydrogen) atoms. The number of carbonyl (C=O) groups is 1. The summed E-state index contributed by atoms with van der Waals surface area (Å²) in [6.45, 7) is 11.5. The highest BCUT2D eigenvalue weighted by molar-refractivity contribution is 5.88. The lowest BCUT2D eigenvalue weighted by molar-refractivity contribution is -0.116. The fourth-order valence-corrected chi connectivity index (χ4v) is 3.12. The van der Waals surface area contributed by atoms with Gasteiger partial charge in [0.15, 0.2) is 6.61 Å². The highest BCUT2D eigenvalue weighted by Crippen LogP contribution is 2.40. The van der Waals surface area contributed by atoms with Crippen molar-refractivity contribution < 1.29 is 9.90 Å². The highest BCUT2D eigenvalue weighted by atomic mass is 16.3. The van der Waals surface area contributed by atoms with E-state index >= 15 is 0 Å². The van der Waals surface area contributed by atoms with Crippen molar-refractivity contribution in [1.82, 2.24) is 5.32 Å². The topological polar surface area (TPSA) is 52.0 Å². The van der Waals surface area contributed by atoms with Crippen LogP contribution in [-0.4, -0.2) is 24.2 Å². The molecule has 0 aliphatic heterocycles. The van der Waals surface area contributed by atoms with Gasteiger partial charge in [-0.05, 0) is 56.6 Å². The van der Waals surface area contributed by atoms with E-state index < -0.39 is 0 Å². The Morgan fingerprint density at radius 1 is 1.24 bits per heavy atom. The summed E-state index contributed by atoms with van der Waals surface area (Å²) in [6, 6.07) is 0. The Balaban J connectivity index is 2.69. The average molecular weight is 345 g/mol. The number of allylic oxidation sites excluding steroid dienone is 9. The van der Waals surface area contributed by atoms with Crippen LogP contribution >= 0.6 is 0 Å². The largest absolute Gasteiger partial charge is 0.444 e. The second-order valence-corrected chi connectivity index (χ2v) is 7.46. The Kier molecular flexibility index (Phi) is 8.64. The zero-order valence-electron chi connectivity index (χ0n) is 16.4. The molecule has 3 N–H and O–H groups in total. The van der Waals surface area contributed by atoms with Gasteiger partial charge in [0.2, 0.25) is 5.91 Å². The van der Waals surface area contributed by atoms with Crippen LogP contribution in [0.1, 0.15) is 53.9 Å². The summed E-state index contributed by atoms with van der Waals surface area (Å²) >= 11 is 0. The summed E-state index contributed by atoms with van der Waals surface area (Å²) < 4.78 is 0. The first kappa shape index (κ1) is 21.2. The Morgan fingerprint density at radius 3 is 2.60 bits per heavy atom. The second-order valence-electron chi connectivity index (χ2n) is 7.46. The molecule has 3 nitrogen and oxygen atoms in total. The van der Waals surface area contributed by atoms with Crippen LogP contribution in [0.15, 0.2) is 58.7 Å². The van der Waals surface area contributed by atoms with Crippen molar-refractivity contribution in [3.8, 4) is 0 Å². The lowest BCUT2D eigenvalue weighted by atomic mass is 9.72. The SMILES string of the molecule is CC1=C(/C=C/C(C)=C/C=C/C(C)=C/C(=O)NCC[OH2+])C(C)(C)CCC1. The minimum absolute atomic E-state index is 0.142. The molecule has 1 aliphatic carbocycles. The van der Waals surface area contributed by atoms with E-state index in [1.807, 2.05) is 19.1 Å². The van der Waals surface area contributed by atoms with Crippen LogP contribution in [0.25, 0.3) is 0 Å². The van der Waals surface area contributed by atoms with Crippen molar-refractivity contribution in [2.75, 3.05) is 13.2 Å². The monoisotopic (exact) mass is 344 g/mol. The van der Waals surface area contributed by atoms with Crippen LogP contribution in [-0.2, 0) is 4.79 Å². The zero-order chi connectivity index (χ0) is 18.9. The smallest absolute Gasteiger partial charge is 0.244 e. The van der Waals surface area contributed by atoms with Crippen molar-refractivity contribution >= 4 is 5.91 Å². The van der Waals surface area contributed by atoms with Gasteiger partial charge in [-0.1, -0.05) is 55.4 Å². The number of hydrogen-bond acceptors (Lipinski definition) is 1. The maximum absolute atomic E-state index is 11.5. The van der Waals surface area contributed by atoms with Gasteiger partial charge in [0.1, 0.15) is 0 Å². The number of amides is 1. The molecule has 0 saturated heterocycles. The molecule has 1 aliphatic rings. The predicted molar refractivity (Wildman–Crippen MR) is 108 cm³/mol. The van der Waals surface area contributed by atoms with Gasteiger partial charge in [-0.15, -0.1) is 0 Å². The lowest BCUT2D eigenvalue weighted by Gasteiger charge is -2.32. The molecule has 0 atom stereocenters. The molecule has 0 bridgehead atoms. The molecule has 138 valence electrons. The minimum Gasteiger partial charge on any atom is -0.444 e. The van der Waals surface area contributed by atoms with Crippen LogP contribution in [0.3, 0.4) is 0 Å². The molecule has 1 rings (SSSR count). The normalized spacial score (nSPS) is 19.1. The molecule has 0 aromatic carbocycles. The molecule has 0 spiro atoms. The van der Waals surface area contributed by atoms with E-state index in [0.29, 0.717) is 6.54 Å². The van der Waals surface area contributed by atoms with Gasteiger partial charge in [-0.2, -0.15) is 0 Å². The molecule has 0 saturated carbocycles. The number of nitrogens with one attached hydrogen (secondary N) is 1. The minimum atomic E-state index is -0.142. The summed E-state index contributed by atoms with van der Waals surface area (Å²) in [5, 5.41) is 9.68. The fourth-order valence-electron chi connectivity index (χ4n) is 3.12. The van der Waals surface area contributed by atoms with Crippen LogP contribution in [0.2, 0.25) is 0 Å². The van der Waals surface area contributed by atoms with Crippen molar-refractivity contribution in [2.45, 2.75) is 53.9 Å². The van der Waals surface area contributed by atoms with Gasteiger partial charge in [-0.25, -0.2) is 0 Å². The third-order valence-corrected chi connectivity index (χ3v) is 4.56. The summed E-state index contributed by atoms with van der Waals surface area (Å²) in [5.74, 6) is -0.142. The molecule has 0 aromatic rings. The van der Waals surface area contributed by atoms with Crippen molar-refractivity contribution in [2.24, 2.45) is 5.41 Å². The zero-order valence-corrected chi connectivity index (χ0v) is 16.4. The van der Waals surface area contributed by atoms with E-state index in [1.165, 1.54) is 36.0 Å². The summed E-state index contributed by atoms with van der Waals surface area (Å²) in [5.41, 5.74) is 5.32. The van der Waals surface area contributed by atoms with Crippen LogP contribution in [0, 0.1) is 5.41 Å². The Bertz CT molecular complexity index is 616. The summed E-state index contributed by atoms with van der Waals surface area (Å²) in [6.07, 6.45) is 15.7. The van der Waals surface area contributed by atoms with Crippen LogP contribution < -0.4 is 5.32 Å². The van der Waals surface area contributed by atoms with Gasteiger partial charge >= 0.3 is 0 Å². The third-order valence-electron chi connectivity index (χ3n) is 4.56. The molecule has 0 radical (unpaired) electrons. The Hall–Kier alpha value is -1.87. The molecule has 0 aromatic heterocycles. The van der Waals surface area contributed by atoms with E-state index in [1.54, 1.807) is 6.08 Å². The first-order valence-electron chi connectivity index (χ1n) is 9.10. The molecular weight excluding hydrogens is 310 g/mol. The molecule has 0 heterocycles. The van der Waals surface area contributed by atoms with Gasteiger partial charge in [-0.3, -0.25) is 4.79 Å². The number of rotatable bonds is 7. The van der Waals surface area contributed by atoms with Crippen molar-refractivity contribution in [1.29, 1.82) is 0 Å². The van der Waals surface area contributed by atoms with Crippen molar-refractivity contribution in [3.63, 3.8) is 0 Å². The predicted octanol–water partition coefficient (Wildman–Crippen LogP) is 4.36. The van der Waals surface area contributed by atoms with E-state index in [9.17, 15) is 4.79 Å². The number of carbonyl (C=O) groups excluding carboxylic acids is 1. The van der Waals surface area contributed by atoms with E-state index in [4.69, 9.17) is 5.11 Å². The molecule has 3 heteroatoms. The van der Waals surface area contributed by atoms with E-state index in [0.717, 1.165) is 5.57 Å². The highest BCUT2D eigenvalue weighted by Gasteiger charge is 2.26. The first-order chi connectivity index (χ1) is 11.8.